The molecule has 1 aliphatic rings. The van der Waals surface area contributed by atoms with Crippen molar-refractivity contribution in [2.24, 2.45) is 0 Å². The van der Waals surface area contributed by atoms with Crippen LogP contribution in [0.2, 0.25) is 0 Å². The fourth-order valence-corrected chi connectivity index (χ4v) is 1.85. The number of rotatable bonds is 2. The monoisotopic (exact) mass is 195 g/mol. The van der Waals surface area contributed by atoms with Crippen LogP contribution in [-0.4, -0.2) is 13.7 Å². The van der Waals surface area contributed by atoms with E-state index in [2.05, 4.69) is 5.32 Å². The van der Waals surface area contributed by atoms with Crippen LogP contribution in [0.25, 0.3) is 0 Å². The zero-order valence-electron chi connectivity index (χ0n) is 8.27. The Bertz CT molecular complexity index is 338. The highest BCUT2D eigenvalue weighted by Crippen LogP contribution is 2.29. The highest BCUT2D eigenvalue weighted by molar-refractivity contribution is 5.42. The minimum Gasteiger partial charge on any atom is -0.493 e. The number of ether oxygens (including phenoxy) is 1. The Kier molecular flexibility index (Phi) is 2.68. The highest BCUT2D eigenvalue weighted by Gasteiger charge is 2.16. The first-order chi connectivity index (χ1) is 6.83. The van der Waals surface area contributed by atoms with E-state index in [-0.39, 0.29) is 5.82 Å². The maximum Gasteiger partial charge on any atom is 0.128 e. The van der Waals surface area contributed by atoms with Crippen LogP contribution in [0.4, 0.5) is 4.39 Å². The van der Waals surface area contributed by atoms with E-state index in [0.717, 1.165) is 36.3 Å². The number of hydrogen-bond acceptors (Lipinski definition) is 2. The van der Waals surface area contributed by atoms with Crippen molar-refractivity contribution in [2.45, 2.75) is 19.4 Å². The molecule has 0 aromatic heterocycles. The summed E-state index contributed by atoms with van der Waals surface area (Å²) in [6.07, 6.45) is 1.90. The summed E-state index contributed by atoms with van der Waals surface area (Å²) in [4.78, 5) is 0. The largest absolute Gasteiger partial charge is 0.493 e. The minimum absolute atomic E-state index is 0.136. The Labute approximate surface area is 83.1 Å². The van der Waals surface area contributed by atoms with E-state index < -0.39 is 0 Å². The topological polar surface area (TPSA) is 21.3 Å². The lowest BCUT2D eigenvalue weighted by Gasteiger charge is -2.20. The average Bonchev–Trinajstić information content (AvgIpc) is 2.23. The Balaban J connectivity index is 2.43. The molecule has 1 aromatic carbocycles. The van der Waals surface area contributed by atoms with Gasteiger partial charge in [-0.15, -0.1) is 0 Å². The van der Waals surface area contributed by atoms with Crippen LogP contribution in [0.1, 0.15) is 17.5 Å². The van der Waals surface area contributed by atoms with Gasteiger partial charge in [-0.3, -0.25) is 0 Å². The van der Waals surface area contributed by atoms with Crippen molar-refractivity contribution in [3.05, 3.63) is 29.1 Å². The lowest BCUT2D eigenvalue weighted by molar-refractivity contribution is 0.286. The van der Waals surface area contributed by atoms with Gasteiger partial charge >= 0.3 is 0 Å². The van der Waals surface area contributed by atoms with Crippen LogP contribution in [0.5, 0.6) is 5.75 Å². The van der Waals surface area contributed by atoms with Crippen LogP contribution in [0.3, 0.4) is 0 Å². The van der Waals surface area contributed by atoms with Crippen molar-refractivity contribution in [3.8, 4) is 5.75 Å². The summed E-state index contributed by atoms with van der Waals surface area (Å²) in [7, 11) is 1.82. The zero-order chi connectivity index (χ0) is 9.97. The second-order valence-electron chi connectivity index (χ2n) is 3.48. The van der Waals surface area contributed by atoms with Gasteiger partial charge in [0.2, 0.25) is 0 Å². The van der Waals surface area contributed by atoms with Crippen molar-refractivity contribution < 1.29 is 9.13 Å². The van der Waals surface area contributed by atoms with E-state index >= 15 is 0 Å². The van der Waals surface area contributed by atoms with Crippen LogP contribution >= 0.6 is 0 Å². The van der Waals surface area contributed by atoms with Crippen molar-refractivity contribution in [1.29, 1.82) is 0 Å². The van der Waals surface area contributed by atoms with Crippen LogP contribution in [0.15, 0.2) is 12.1 Å². The van der Waals surface area contributed by atoms with Gasteiger partial charge in [0, 0.05) is 17.7 Å². The summed E-state index contributed by atoms with van der Waals surface area (Å²) in [5.41, 5.74) is 1.79. The first kappa shape index (κ1) is 9.46. The molecule has 0 radical (unpaired) electrons. The number of nitrogens with one attached hydrogen (secondary N) is 1. The van der Waals surface area contributed by atoms with Gasteiger partial charge in [0.1, 0.15) is 11.6 Å². The summed E-state index contributed by atoms with van der Waals surface area (Å²) >= 11 is 0. The van der Waals surface area contributed by atoms with Gasteiger partial charge in [0.25, 0.3) is 0 Å². The molecule has 0 saturated carbocycles. The maximum atomic E-state index is 13.5. The third kappa shape index (κ3) is 1.60. The van der Waals surface area contributed by atoms with E-state index in [0.29, 0.717) is 6.54 Å². The molecule has 3 heteroatoms. The van der Waals surface area contributed by atoms with E-state index in [9.17, 15) is 4.39 Å². The molecular weight excluding hydrogens is 181 g/mol. The number of hydrogen-bond donors (Lipinski definition) is 1. The lowest BCUT2D eigenvalue weighted by Crippen LogP contribution is -2.15. The zero-order valence-corrected chi connectivity index (χ0v) is 8.27. The molecule has 2 nitrogen and oxygen atoms in total. The molecule has 76 valence electrons. The molecule has 0 unspecified atom stereocenters. The van der Waals surface area contributed by atoms with Gasteiger partial charge in [-0.05, 0) is 32.0 Å². The quantitative estimate of drug-likeness (QED) is 0.777. The molecule has 0 saturated heterocycles. The summed E-state index contributed by atoms with van der Waals surface area (Å²) in [6.45, 7) is 1.32. The molecule has 0 amide bonds. The van der Waals surface area contributed by atoms with E-state index in [1.54, 1.807) is 6.07 Å². The molecular formula is C11H14FNO. The van der Waals surface area contributed by atoms with E-state index in [1.165, 1.54) is 6.07 Å². The Morgan fingerprint density at radius 2 is 2.36 bits per heavy atom. The Hall–Kier alpha value is -1.09. The first-order valence-electron chi connectivity index (χ1n) is 4.90. The first-order valence-corrected chi connectivity index (χ1v) is 4.90. The summed E-state index contributed by atoms with van der Waals surface area (Å²) in [6, 6.07) is 3.21. The fourth-order valence-electron chi connectivity index (χ4n) is 1.85. The smallest absolute Gasteiger partial charge is 0.128 e. The van der Waals surface area contributed by atoms with Crippen molar-refractivity contribution in [3.63, 3.8) is 0 Å². The highest BCUT2D eigenvalue weighted by atomic mass is 19.1. The Morgan fingerprint density at radius 1 is 1.50 bits per heavy atom. The van der Waals surface area contributed by atoms with Crippen LogP contribution < -0.4 is 10.1 Å². The van der Waals surface area contributed by atoms with Crippen molar-refractivity contribution >= 4 is 0 Å². The molecule has 0 fully saturated rings. The van der Waals surface area contributed by atoms with Crippen LogP contribution in [-0.2, 0) is 13.0 Å². The third-order valence-corrected chi connectivity index (χ3v) is 2.51. The third-order valence-electron chi connectivity index (χ3n) is 2.51. The number of benzene rings is 1. The van der Waals surface area contributed by atoms with Gasteiger partial charge in [-0.25, -0.2) is 4.39 Å². The second-order valence-corrected chi connectivity index (χ2v) is 3.48. The predicted molar refractivity (Wildman–Crippen MR) is 53.0 cm³/mol. The van der Waals surface area contributed by atoms with Crippen molar-refractivity contribution in [1.82, 2.24) is 5.32 Å². The molecule has 1 aromatic rings. The molecule has 0 bridgehead atoms. The molecule has 0 aliphatic carbocycles. The minimum atomic E-state index is -0.136. The van der Waals surface area contributed by atoms with Gasteiger partial charge in [-0.1, -0.05) is 0 Å². The molecule has 1 heterocycles. The van der Waals surface area contributed by atoms with Gasteiger partial charge in [0.15, 0.2) is 0 Å². The van der Waals surface area contributed by atoms with Crippen molar-refractivity contribution in [2.75, 3.05) is 13.7 Å². The summed E-state index contributed by atoms with van der Waals surface area (Å²) in [5.74, 6) is 0.714. The second kappa shape index (κ2) is 3.96. The maximum absolute atomic E-state index is 13.5. The normalized spacial score (nSPS) is 14.7. The molecule has 0 atom stereocenters. The number of fused-ring (bicyclic) bond motifs is 1. The molecule has 1 aliphatic heterocycles. The SMILES string of the molecule is CNCc1c(F)ccc2c1CCCO2. The Morgan fingerprint density at radius 3 is 3.14 bits per heavy atom. The average molecular weight is 195 g/mol. The lowest BCUT2D eigenvalue weighted by atomic mass is 9.99. The summed E-state index contributed by atoms with van der Waals surface area (Å²) in [5, 5.41) is 2.98. The van der Waals surface area contributed by atoms with Gasteiger partial charge < -0.3 is 10.1 Å². The number of halogens is 1. The summed E-state index contributed by atoms with van der Waals surface area (Å²) < 4.78 is 18.9. The van der Waals surface area contributed by atoms with Gasteiger partial charge in [0.05, 0.1) is 6.61 Å². The van der Waals surface area contributed by atoms with E-state index in [4.69, 9.17) is 4.74 Å². The fraction of sp³-hybridized carbons (Fsp3) is 0.455. The van der Waals surface area contributed by atoms with Crippen LogP contribution in [0, 0.1) is 5.82 Å². The molecule has 0 spiro atoms. The molecule has 1 N–H and O–H groups in total. The molecule has 2 rings (SSSR count). The van der Waals surface area contributed by atoms with Gasteiger partial charge in [-0.2, -0.15) is 0 Å². The van der Waals surface area contributed by atoms with E-state index in [1.807, 2.05) is 7.05 Å². The standard InChI is InChI=1S/C11H14FNO/c1-13-7-9-8-3-2-6-14-11(8)5-4-10(9)12/h4-5,13H,2-3,6-7H2,1H3. The molecule has 14 heavy (non-hydrogen) atoms. The predicted octanol–water partition coefficient (Wildman–Crippen LogP) is 1.87.